The van der Waals surface area contributed by atoms with Crippen molar-refractivity contribution in [2.45, 2.75) is 26.3 Å². The molecule has 1 rings (SSSR count). The summed E-state index contributed by atoms with van der Waals surface area (Å²) in [6, 6.07) is 0.329. The van der Waals surface area contributed by atoms with Crippen LogP contribution in [0.5, 0.6) is 0 Å². The van der Waals surface area contributed by atoms with Crippen molar-refractivity contribution >= 4 is 0 Å². The van der Waals surface area contributed by atoms with Crippen LogP contribution in [0.3, 0.4) is 0 Å². The van der Waals surface area contributed by atoms with Crippen LogP contribution in [-0.2, 0) is 4.74 Å². The highest BCUT2D eigenvalue weighted by atomic mass is 16.5. The van der Waals surface area contributed by atoms with Crippen LogP contribution in [0.4, 0.5) is 0 Å². The van der Waals surface area contributed by atoms with Gasteiger partial charge in [0.25, 0.3) is 0 Å². The molecular weight excluding hydrogens is 140 g/mol. The van der Waals surface area contributed by atoms with Crippen LogP contribution < -0.4 is 11.3 Å². The maximum Gasteiger partial charge on any atom is 0.0632 e. The second-order valence-electron chi connectivity index (χ2n) is 4.03. The Hall–Kier alpha value is -0.120. The van der Waals surface area contributed by atoms with Crippen molar-refractivity contribution in [2.24, 2.45) is 17.2 Å². The van der Waals surface area contributed by atoms with Crippen molar-refractivity contribution in [2.75, 3.05) is 13.7 Å². The van der Waals surface area contributed by atoms with Gasteiger partial charge < -0.3 is 4.74 Å². The number of rotatable bonds is 4. The summed E-state index contributed by atoms with van der Waals surface area (Å²) in [5.74, 6) is 6.08. The Bertz CT molecular complexity index is 136. The molecule has 3 nitrogen and oxygen atoms in total. The van der Waals surface area contributed by atoms with E-state index < -0.39 is 0 Å². The number of methoxy groups -OCH3 is 1. The molecule has 0 aromatic rings. The molecule has 0 aliphatic heterocycles. The van der Waals surface area contributed by atoms with E-state index in [2.05, 4.69) is 19.3 Å². The number of nitrogens with two attached hydrogens (primary N) is 1. The van der Waals surface area contributed by atoms with Crippen molar-refractivity contribution in [3.63, 3.8) is 0 Å². The fourth-order valence-corrected chi connectivity index (χ4v) is 1.65. The highest BCUT2D eigenvalue weighted by Crippen LogP contribution is 2.53. The standard InChI is InChI=1S/C8H18N2O/c1-8(2)4-6(8)7(10-9)5-11-3/h6-7,10H,4-5,9H2,1-3H3. The lowest BCUT2D eigenvalue weighted by Crippen LogP contribution is -2.41. The zero-order chi connectivity index (χ0) is 8.48. The smallest absolute Gasteiger partial charge is 0.0632 e. The molecule has 11 heavy (non-hydrogen) atoms. The van der Waals surface area contributed by atoms with Gasteiger partial charge in [0.05, 0.1) is 6.61 Å². The van der Waals surface area contributed by atoms with Gasteiger partial charge in [-0.25, -0.2) is 0 Å². The van der Waals surface area contributed by atoms with Gasteiger partial charge in [-0.2, -0.15) is 0 Å². The topological polar surface area (TPSA) is 47.3 Å². The molecule has 2 atom stereocenters. The first-order valence-corrected chi connectivity index (χ1v) is 4.07. The van der Waals surface area contributed by atoms with Gasteiger partial charge in [-0.15, -0.1) is 0 Å². The molecule has 1 aliphatic carbocycles. The monoisotopic (exact) mass is 158 g/mol. The normalized spacial score (nSPS) is 30.0. The molecule has 1 fully saturated rings. The lowest BCUT2D eigenvalue weighted by Gasteiger charge is -2.15. The first-order chi connectivity index (χ1) is 5.11. The second kappa shape index (κ2) is 3.09. The lowest BCUT2D eigenvalue weighted by molar-refractivity contribution is 0.152. The number of hydrogen-bond acceptors (Lipinski definition) is 3. The fourth-order valence-electron chi connectivity index (χ4n) is 1.65. The van der Waals surface area contributed by atoms with Gasteiger partial charge in [0.1, 0.15) is 0 Å². The van der Waals surface area contributed by atoms with E-state index in [1.807, 2.05) is 0 Å². The average molecular weight is 158 g/mol. The Morgan fingerprint density at radius 3 is 2.55 bits per heavy atom. The van der Waals surface area contributed by atoms with Crippen molar-refractivity contribution in [1.82, 2.24) is 5.43 Å². The molecular formula is C8H18N2O. The average Bonchev–Trinajstić information content (AvgIpc) is 2.55. The minimum Gasteiger partial charge on any atom is -0.383 e. The SMILES string of the molecule is COCC(NN)C1CC1(C)C. The van der Waals surface area contributed by atoms with Crippen LogP contribution in [0, 0.1) is 11.3 Å². The molecule has 0 amide bonds. The van der Waals surface area contributed by atoms with E-state index in [1.165, 1.54) is 6.42 Å². The third-order valence-electron chi connectivity index (χ3n) is 2.64. The highest BCUT2D eigenvalue weighted by molar-refractivity contribution is 5.01. The molecule has 3 heteroatoms. The molecule has 2 unspecified atom stereocenters. The first-order valence-electron chi connectivity index (χ1n) is 4.07. The van der Waals surface area contributed by atoms with Gasteiger partial charge in [0.15, 0.2) is 0 Å². The van der Waals surface area contributed by atoms with Crippen LogP contribution in [0.2, 0.25) is 0 Å². The molecule has 0 aromatic carbocycles. The summed E-state index contributed by atoms with van der Waals surface area (Å²) in [6.07, 6.45) is 1.26. The molecule has 0 bridgehead atoms. The molecule has 1 saturated carbocycles. The third-order valence-corrected chi connectivity index (χ3v) is 2.64. The van der Waals surface area contributed by atoms with E-state index in [0.29, 0.717) is 24.0 Å². The largest absolute Gasteiger partial charge is 0.383 e. The third kappa shape index (κ3) is 1.92. The van der Waals surface area contributed by atoms with Crippen LogP contribution in [0.25, 0.3) is 0 Å². The summed E-state index contributed by atoms with van der Waals surface area (Å²) < 4.78 is 5.05. The molecule has 0 radical (unpaired) electrons. The van der Waals surface area contributed by atoms with E-state index >= 15 is 0 Å². The summed E-state index contributed by atoms with van der Waals surface area (Å²) in [5.41, 5.74) is 3.26. The maximum absolute atomic E-state index is 5.39. The molecule has 0 spiro atoms. The Kier molecular flexibility index (Phi) is 2.52. The Balaban J connectivity index is 2.33. The van der Waals surface area contributed by atoms with Gasteiger partial charge >= 0.3 is 0 Å². The van der Waals surface area contributed by atoms with Gasteiger partial charge in [0.2, 0.25) is 0 Å². The summed E-state index contributed by atoms with van der Waals surface area (Å²) >= 11 is 0. The number of hydrazine groups is 1. The van der Waals surface area contributed by atoms with Gasteiger partial charge in [-0.05, 0) is 17.8 Å². The van der Waals surface area contributed by atoms with Crippen LogP contribution in [0.1, 0.15) is 20.3 Å². The van der Waals surface area contributed by atoms with E-state index in [9.17, 15) is 0 Å². The van der Waals surface area contributed by atoms with E-state index in [1.54, 1.807) is 7.11 Å². The predicted octanol–water partition coefficient (Wildman–Crippen LogP) is 0.511. The number of ether oxygens (including phenoxy) is 1. The summed E-state index contributed by atoms with van der Waals surface area (Å²) in [7, 11) is 1.71. The van der Waals surface area contributed by atoms with Crippen molar-refractivity contribution in [1.29, 1.82) is 0 Å². The van der Waals surface area contributed by atoms with E-state index in [0.717, 1.165) is 0 Å². The minimum absolute atomic E-state index is 0.329. The zero-order valence-corrected chi connectivity index (χ0v) is 7.55. The van der Waals surface area contributed by atoms with Gasteiger partial charge in [-0.3, -0.25) is 11.3 Å². The zero-order valence-electron chi connectivity index (χ0n) is 7.55. The van der Waals surface area contributed by atoms with Crippen molar-refractivity contribution in [3.8, 4) is 0 Å². The van der Waals surface area contributed by atoms with Gasteiger partial charge in [-0.1, -0.05) is 13.8 Å². The summed E-state index contributed by atoms with van der Waals surface area (Å²) in [4.78, 5) is 0. The van der Waals surface area contributed by atoms with Crippen molar-refractivity contribution in [3.05, 3.63) is 0 Å². The van der Waals surface area contributed by atoms with Crippen LogP contribution >= 0.6 is 0 Å². The molecule has 3 N–H and O–H groups in total. The first kappa shape index (κ1) is 8.97. The van der Waals surface area contributed by atoms with E-state index in [-0.39, 0.29) is 0 Å². The predicted molar refractivity (Wildman–Crippen MR) is 44.9 cm³/mol. The Morgan fingerprint density at radius 2 is 2.27 bits per heavy atom. The molecule has 66 valence electrons. The Labute approximate surface area is 68.3 Å². The molecule has 0 heterocycles. The minimum atomic E-state index is 0.329. The lowest BCUT2D eigenvalue weighted by atomic mass is 10.1. The van der Waals surface area contributed by atoms with Gasteiger partial charge in [0, 0.05) is 13.2 Å². The molecule has 0 saturated heterocycles. The second-order valence-corrected chi connectivity index (χ2v) is 4.03. The van der Waals surface area contributed by atoms with E-state index in [4.69, 9.17) is 10.6 Å². The maximum atomic E-state index is 5.39. The number of hydrogen-bond donors (Lipinski definition) is 2. The summed E-state index contributed by atoms with van der Waals surface area (Å²) in [5, 5.41) is 0. The summed E-state index contributed by atoms with van der Waals surface area (Å²) in [6.45, 7) is 5.24. The van der Waals surface area contributed by atoms with Crippen molar-refractivity contribution < 1.29 is 4.74 Å². The highest BCUT2D eigenvalue weighted by Gasteiger charge is 2.49. The fraction of sp³-hybridized carbons (Fsp3) is 1.00. The number of nitrogens with one attached hydrogen (secondary N) is 1. The van der Waals surface area contributed by atoms with Crippen LogP contribution in [0.15, 0.2) is 0 Å². The van der Waals surface area contributed by atoms with Crippen LogP contribution in [-0.4, -0.2) is 19.8 Å². The molecule has 1 aliphatic rings. The quantitative estimate of drug-likeness (QED) is 0.463. The Morgan fingerprint density at radius 1 is 1.73 bits per heavy atom. The molecule has 0 aromatic heterocycles.